The number of halogens is 4. The molecule has 1 nitrogen and oxygen atoms in total. The van der Waals surface area contributed by atoms with Gasteiger partial charge in [-0.2, -0.15) is 0 Å². The van der Waals surface area contributed by atoms with Gasteiger partial charge in [-0.15, -0.1) is 0 Å². The molecule has 72 valence electrons. The highest BCUT2D eigenvalue weighted by molar-refractivity contribution is 6.31. The Hall–Kier alpha value is -0.740. The summed E-state index contributed by atoms with van der Waals surface area (Å²) < 4.78 is 37.2. The van der Waals surface area contributed by atoms with Crippen molar-refractivity contribution in [2.24, 2.45) is 5.73 Å². The normalized spacial score (nSPS) is 13.4. The van der Waals surface area contributed by atoms with Crippen molar-refractivity contribution < 1.29 is 13.2 Å². The van der Waals surface area contributed by atoms with E-state index >= 15 is 0 Å². The van der Waals surface area contributed by atoms with Gasteiger partial charge in [-0.3, -0.25) is 0 Å². The third-order valence-corrected chi connectivity index (χ3v) is 1.93. The molecule has 1 rings (SSSR count). The van der Waals surface area contributed by atoms with Crippen LogP contribution in [0.25, 0.3) is 0 Å². The molecule has 5 heteroatoms. The highest BCUT2D eigenvalue weighted by Gasteiger charge is 2.23. The van der Waals surface area contributed by atoms with E-state index in [0.717, 1.165) is 6.07 Å². The Labute approximate surface area is 78.3 Å². The van der Waals surface area contributed by atoms with Crippen LogP contribution in [0.15, 0.2) is 18.2 Å². The van der Waals surface area contributed by atoms with Crippen LogP contribution in [0.3, 0.4) is 0 Å². The summed E-state index contributed by atoms with van der Waals surface area (Å²) in [5.74, 6) is -0.805. The summed E-state index contributed by atoms with van der Waals surface area (Å²) in [6.45, 7) is 0. The molecule has 1 unspecified atom stereocenters. The fourth-order valence-corrected chi connectivity index (χ4v) is 1.24. The van der Waals surface area contributed by atoms with Crippen LogP contribution in [0.2, 0.25) is 5.02 Å². The fourth-order valence-electron chi connectivity index (χ4n) is 0.955. The van der Waals surface area contributed by atoms with Crippen molar-refractivity contribution in [3.63, 3.8) is 0 Å². The molecule has 2 N–H and O–H groups in total. The number of hydrogen-bond acceptors (Lipinski definition) is 1. The van der Waals surface area contributed by atoms with Gasteiger partial charge in [0.25, 0.3) is 6.43 Å². The van der Waals surface area contributed by atoms with Gasteiger partial charge in [0.2, 0.25) is 0 Å². The molecule has 0 aromatic heterocycles. The minimum absolute atomic E-state index is 0.0761. The first-order chi connectivity index (χ1) is 6.04. The van der Waals surface area contributed by atoms with E-state index in [9.17, 15) is 13.2 Å². The summed E-state index contributed by atoms with van der Waals surface area (Å²) in [4.78, 5) is 0. The van der Waals surface area contributed by atoms with E-state index in [2.05, 4.69) is 0 Å². The van der Waals surface area contributed by atoms with Gasteiger partial charge in [0, 0.05) is 10.6 Å². The first-order valence-electron chi connectivity index (χ1n) is 3.51. The van der Waals surface area contributed by atoms with E-state index < -0.39 is 18.3 Å². The molecular formula is C8H7ClF3N. The van der Waals surface area contributed by atoms with Crippen LogP contribution in [0.1, 0.15) is 11.6 Å². The fraction of sp³-hybridized carbons (Fsp3) is 0.250. The first kappa shape index (κ1) is 10.3. The number of nitrogens with two attached hydrogens (primary N) is 1. The van der Waals surface area contributed by atoms with Crippen LogP contribution >= 0.6 is 11.6 Å². The number of hydrogen-bond donors (Lipinski definition) is 1. The van der Waals surface area contributed by atoms with E-state index in [0.29, 0.717) is 0 Å². The largest absolute Gasteiger partial charge is 0.319 e. The van der Waals surface area contributed by atoms with Crippen molar-refractivity contribution in [2.45, 2.75) is 12.5 Å². The van der Waals surface area contributed by atoms with Crippen molar-refractivity contribution in [2.75, 3.05) is 0 Å². The zero-order valence-corrected chi connectivity index (χ0v) is 7.23. The maximum atomic E-state index is 13.0. The van der Waals surface area contributed by atoms with E-state index in [4.69, 9.17) is 17.3 Å². The molecule has 0 amide bonds. The van der Waals surface area contributed by atoms with Crippen LogP contribution in [0, 0.1) is 5.82 Å². The van der Waals surface area contributed by atoms with Crippen LogP contribution in [0.5, 0.6) is 0 Å². The van der Waals surface area contributed by atoms with Crippen LogP contribution < -0.4 is 5.73 Å². The third-order valence-electron chi connectivity index (χ3n) is 1.60. The number of benzene rings is 1. The van der Waals surface area contributed by atoms with Gasteiger partial charge in [-0.05, 0) is 12.1 Å². The van der Waals surface area contributed by atoms with Gasteiger partial charge in [-0.25, -0.2) is 13.2 Å². The summed E-state index contributed by atoms with van der Waals surface area (Å²) >= 11 is 5.52. The Kier molecular flexibility index (Phi) is 3.17. The molecule has 0 aliphatic heterocycles. The average molecular weight is 210 g/mol. The van der Waals surface area contributed by atoms with Crippen LogP contribution in [-0.2, 0) is 0 Å². The molecule has 0 fully saturated rings. The quantitative estimate of drug-likeness (QED) is 0.796. The molecule has 13 heavy (non-hydrogen) atoms. The van der Waals surface area contributed by atoms with Gasteiger partial charge >= 0.3 is 0 Å². The minimum atomic E-state index is -2.82. The van der Waals surface area contributed by atoms with Gasteiger partial charge in [-0.1, -0.05) is 17.7 Å². The SMILES string of the molecule is NC(c1c(F)cccc1Cl)C(F)F. The molecule has 1 atom stereocenters. The maximum absolute atomic E-state index is 13.0. The molecule has 0 bridgehead atoms. The number of rotatable bonds is 2. The molecule has 1 aromatic carbocycles. The van der Waals surface area contributed by atoms with E-state index in [1.165, 1.54) is 12.1 Å². The standard InChI is InChI=1S/C8H7ClF3N/c9-4-2-1-3-5(10)6(4)7(13)8(11)12/h1-3,7-8H,13H2. The summed E-state index contributed by atoms with van der Waals surface area (Å²) in [7, 11) is 0. The van der Waals surface area contributed by atoms with Crippen molar-refractivity contribution in [3.8, 4) is 0 Å². The van der Waals surface area contributed by atoms with E-state index in [1.54, 1.807) is 0 Å². The lowest BCUT2D eigenvalue weighted by Gasteiger charge is -2.12. The van der Waals surface area contributed by atoms with Crippen LogP contribution in [-0.4, -0.2) is 6.43 Å². The Morgan fingerprint density at radius 1 is 1.31 bits per heavy atom. The van der Waals surface area contributed by atoms with Crippen molar-refractivity contribution in [1.82, 2.24) is 0 Å². The van der Waals surface area contributed by atoms with Gasteiger partial charge in [0.05, 0.1) is 6.04 Å². The molecule has 0 aliphatic carbocycles. The molecule has 0 radical (unpaired) electrons. The minimum Gasteiger partial charge on any atom is -0.319 e. The lowest BCUT2D eigenvalue weighted by atomic mass is 10.1. The Morgan fingerprint density at radius 3 is 2.38 bits per heavy atom. The lowest BCUT2D eigenvalue weighted by molar-refractivity contribution is 0.115. The zero-order chi connectivity index (χ0) is 10.0. The van der Waals surface area contributed by atoms with Crippen LogP contribution in [0.4, 0.5) is 13.2 Å². The predicted molar refractivity (Wildman–Crippen MR) is 44.3 cm³/mol. The molecule has 0 heterocycles. The summed E-state index contributed by atoms with van der Waals surface area (Å²) in [5.41, 5.74) is 4.73. The topological polar surface area (TPSA) is 26.0 Å². The van der Waals surface area contributed by atoms with Gasteiger partial charge in [0.1, 0.15) is 5.82 Å². The molecule has 0 saturated heterocycles. The second-order valence-corrected chi connectivity index (χ2v) is 2.90. The Balaban J connectivity index is 3.12. The molecule has 0 spiro atoms. The Morgan fingerprint density at radius 2 is 1.92 bits per heavy atom. The summed E-state index contributed by atoms with van der Waals surface area (Å²) in [5, 5.41) is -0.0761. The smallest absolute Gasteiger partial charge is 0.257 e. The lowest BCUT2D eigenvalue weighted by Crippen LogP contribution is -2.20. The van der Waals surface area contributed by atoms with Gasteiger partial charge < -0.3 is 5.73 Å². The molecular weight excluding hydrogens is 203 g/mol. The third kappa shape index (κ3) is 2.14. The first-order valence-corrected chi connectivity index (χ1v) is 3.89. The molecule has 0 aliphatic rings. The maximum Gasteiger partial charge on any atom is 0.257 e. The highest BCUT2D eigenvalue weighted by atomic mass is 35.5. The highest BCUT2D eigenvalue weighted by Crippen LogP contribution is 2.27. The van der Waals surface area contributed by atoms with Crippen molar-refractivity contribution in [3.05, 3.63) is 34.6 Å². The predicted octanol–water partition coefficient (Wildman–Crippen LogP) is 2.74. The summed E-state index contributed by atoms with van der Waals surface area (Å²) in [6, 6.07) is 2.03. The second kappa shape index (κ2) is 3.98. The second-order valence-electron chi connectivity index (χ2n) is 2.50. The van der Waals surface area contributed by atoms with E-state index in [-0.39, 0.29) is 10.6 Å². The van der Waals surface area contributed by atoms with E-state index in [1.807, 2.05) is 0 Å². The molecule has 1 aromatic rings. The van der Waals surface area contributed by atoms with Gasteiger partial charge in [0.15, 0.2) is 0 Å². The summed E-state index contributed by atoms with van der Waals surface area (Å²) in [6.07, 6.45) is -2.82. The number of alkyl halides is 2. The Bertz CT molecular complexity index is 283. The monoisotopic (exact) mass is 209 g/mol. The zero-order valence-electron chi connectivity index (χ0n) is 6.48. The van der Waals surface area contributed by atoms with Crippen molar-refractivity contribution in [1.29, 1.82) is 0 Å². The molecule has 0 saturated carbocycles. The average Bonchev–Trinajstić information content (AvgIpc) is 2.03. The van der Waals surface area contributed by atoms with Crippen molar-refractivity contribution >= 4 is 11.6 Å².